The van der Waals surface area contributed by atoms with Gasteiger partial charge in [-0.05, 0) is 30.5 Å². The van der Waals surface area contributed by atoms with Crippen LogP contribution in [0, 0.1) is 5.92 Å². The number of carbonyl (C=O) groups excluding carboxylic acids is 1. The van der Waals surface area contributed by atoms with Gasteiger partial charge in [0.05, 0.1) is 19.4 Å². The van der Waals surface area contributed by atoms with Gasteiger partial charge in [0, 0.05) is 6.04 Å². The maximum atomic E-state index is 11.8. The largest absolute Gasteiger partial charge is 0.493 e. The van der Waals surface area contributed by atoms with Gasteiger partial charge in [0.1, 0.15) is 5.75 Å². The molecule has 5 nitrogen and oxygen atoms in total. The molecule has 0 saturated carbocycles. The van der Waals surface area contributed by atoms with Crippen molar-refractivity contribution in [3.63, 3.8) is 0 Å². The van der Waals surface area contributed by atoms with Crippen molar-refractivity contribution in [1.82, 2.24) is 5.32 Å². The van der Waals surface area contributed by atoms with E-state index in [0.29, 0.717) is 12.5 Å². The molecule has 0 heterocycles. The van der Waals surface area contributed by atoms with Crippen molar-refractivity contribution in [2.24, 2.45) is 5.92 Å². The van der Waals surface area contributed by atoms with Crippen LogP contribution in [0.1, 0.15) is 32.8 Å². The van der Waals surface area contributed by atoms with Crippen LogP contribution in [-0.2, 0) is 16.0 Å². The first-order valence-corrected chi connectivity index (χ1v) is 7.09. The molecule has 1 atom stereocenters. The van der Waals surface area contributed by atoms with Crippen LogP contribution in [0.3, 0.4) is 0 Å². The fourth-order valence-electron chi connectivity index (χ4n) is 1.79. The summed E-state index contributed by atoms with van der Waals surface area (Å²) in [6.45, 7) is 6.50. The third-order valence-electron chi connectivity index (χ3n) is 2.76. The standard InChI is InChI=1S/C16H23NO4/c1-11(2)10-21-14-6-4-13(5-7-14)9-15(18)17-12(3)8-16(19)20/h4-7,11-12H,8-10H2,1-3H3,(H,17,18)(H,19,20). The van der Waals surface area contributed by atoms with Gasteiger partial charge in [0.25, 0.3) is 0 Å². The van der Waals surface area contributed by atoms with Crippen LogP contribution in [0.5, 0.6) is 5.75 Å². The number of carboxylic acids is 1. The molecule has 21 heavy (non-hydrogen) atoms. The minimum absolute atomic E-state index is 0.0757. The number of benzene rings is 1. The van der Waals surface area contributed by atoms with E-state index in [0.717, 1.165) is 11.3 Å². The Balaban J connectivity index is 2.44. The zero-order valence-electron chi connectivity index (χ0n) is 12.8. The van der Waals surface area contributed by atoms with Crippen molar-refractivity contribution < 1.29 is 19.4 Å². The van der Waals surface area contributed by atoms with Crippen molar-refractivity contribution in [1.29, 1.82) is 0 Å². The summed E-state index contributed by atoms with van der Waals surface area (Å²) in [5, 5.41) is 11.3. The molecular weight excluding hydrogens is 270 g/mol. The predicted molar refractivity (Wildman–Crippen MR) is 80.3 cm³/mol. The van der Waals surface area contributed by atoms with Crippen molar-refractivity contribution >= 4 is 11.9 Å². The molecule has 0 aliphatic heterocycles. The SMILES string of the molecule is CC(C)COc1ccc(CC(=O)NC(C)CC(=O)O)cc1. The minimum atomic E-state index is -0.922. The van der Waals surface area contributed by atoms with Gasteiger partial charge < -0.3 is 15.2 Å². The molecule has 0 bridgehead atoms. The number of carboxylic acid groups (broad SMARTS) is 1. The highest BCUT2D eigenvalue weighted by Crippen LogP contribution is 2.13. The highest BCUT2D eigenvalue weighted by molar-refractivity contribution is 5.79. The molecule has 1 unspecified atom stereocenters. The van der Waals surface area contributed by atoms with Gasteiger partial charge in [-0.25, -0.2) is 0 Å². The van der Waals surface area contributed by atoms with Crippen LogP contribution < -0.4 is 10.1 Å². The van der Waals surface area contributed by atoms with Gasteiger partial charge in [-0.1, -0.05) is 26.0 Å². The minimum Gasteiger partial charge on any atom is -0.493 e. The maximum absolute atomic E-state index is 11.8. The average Bonchev–Trinajstić information content (AvgIpc) is 2.36. The van der Waals surface area contributed by atoms with Crippen LogP contribution in [-0.4, -0.2) is 29.6 Å². The second-order valence-electron chi connectivity index (χ2n) is 5.59. The fourth-order valence-corrected chi connectivity index (χ4v) is 1.79. The topological polar surface area (TPSA) is 75.6 Å². The lowest BCUT2D eigenvalue weighted by atomic mass is 10.1. The zero-order chi connectivity index (χ0) is 15.8. The summed E-state index contributed by atoms with van der Waals surface area (Å²) < 4.78 is 5.57. The molecule has 1 amide bonds. The smallest absolute Gasteiger partial charge is 0.305 e. The average molecular weight is 293 g/mol. The number of nitrogens with one attached hydrogen (secondary N) is 1. The highest BCUT2D eigenvalue weighted by Gasteiger charge is 2.11. The van der Waals surface area contributed by atoms with Crippen LogP contribution in [0.25, 0.3) is 0 Å². The number of carbonyl (C=O) groups is 2. The molecule has 5 heteroatoms. The first kappa shape index (κ1) is 17.0. The van der Waals surface area contributed by atoms with E-state index in [4.69, 9.17) is 9.84 Å². The molecule has 1 rings (SSSR count). The van der Waals surface area contributed by atoms with Crippen molar-refractivity contribution in [2.45, 2.75) is 39.7 Å². The van der Waals surface area contributed by atoms with E-state index in [9.17, 15) is 9.59 Å². The Labute approximate surface area is 125 Å². The summed E-state index contributed by atoms with van der Waals surface area (Å²) in [6, 6.07) is 6.99. The van der Waals surface area contributed by atoms with Crippen molar-refractivity contribution in [3.8, 4) is 5.75 Å². The molecule has 0 aromatic heterocycles. The van der Waals surface area contributed by atoms with Crippen LogP contribution in [0.4, 0.5) is 0 Å². The van der Waals surface area contributed by atoms with E-state index in [1.807, 2.05) is 24.3 Å². The van der Waals surface area contributed by atoms with E-state index in [2.05, 4.69) is 19.2 Å². The Kier molecular flexibility index (Phi) is 6.72. The third-order valence-corrected chi connectivity index (χ3v) is 2.76. The van der Waals surface area contributed by atoms with E-state index < -0.39 is 5.97 Å². The Morgan fingerprint density at radius 2 is 1.81 bits per heavy atom. The molecule has 2 N–H and O–H groups in total. The van der Waals surface area contributed by atoms with Gasteiger partial charge in [0.15, 0.2) is 0 Å². The van der Waals surface area contributed by atoms with E-state index in [1.54, 1.807) is 6.92 Å². The van der Waals surface area contributed by atoms with Crippen LogP contribution in [0.2, 0.25) is 0 Å². The number of amides is 1. The quantitative estimate of drug-likeness (QED) is 0.770. The first-order valence-electron chi connectivity index (χ1n) is 7.09. The molecule has 1 aromatic carbocycles. The number of ether oxygens (including phenoxy) is 1. The predicted octanol–water partition coefficient (Wildman–Crippen LogP) is 2.24. The molecule has 116 valence electrons. The lowest BCUT2D eigenvalue weighted by molar-refractivity contribution is -0.137. The molecule has 0 radical (unpaired) electrons. The number of aliphatic carboxylic acids is 1. The maximum Gasteiger partial charge on any atom is 0.305 e. The molecule has 0 aliphatic carbocycles. The summed E-state index contributed by atoms with van der Waals surface area (Å²) in [6.07, 6.45) is 0.155. The van der Waals surface area contributed by atoms with Gasteiger partial charge in [-0.3, -0.25) is 9.59 Å². The Morgan fingerprint density at radius 1 is 1.19 bits per heavy atom. The van der Waals surface area contributed by atoms with Gasteiger partial charge in [-0.15, -0.1) is 0 Å². The Morgan fingerprint density at radius 3 is 2.33 bits per heavy atom. The summed E-state index contributed by atoms with van der Waals surface area (Å²) in [7, 11) is 0. The summed E-state index contributed by atoms with van der Waals surface area (Å²) in [4.78, 5) is 22.3. The lowest BCUT2D eigenvalue weighted by Gasteiger charge is -2.12. The molecule has 0 aliphatic rings. The van der Waals surface area contributed by atoms with Gasteiger partial charge in [-0.2, -0.15) is 0 Å². The van der Waals surface area contributed by atoms with Crippen LogP contribution in [0.15, 0.2) is 24.3 Å². The third kappa shape index (κ3) is 7.34. The van der Waals surface area contributed by atoms with Crippen molar-refractivity contribution in [3.05, 3.63) is 29.8 Å². The highest BCUT2D eigenvalue weighted by atomic mass is 16.5. The van der Waals surface area contributed by atoms with Crippen molar-refractivity contribution in [2.75, 3.05) is 6.61 Å². The summed E-state index contributed by atoms with van der Waals surface area (Å²) in [5.41, 5.74) is 0.868. The first-order chi connectivity index (χ1) is 9.86. The monoisotopic (exact) mass is 293 g/mol. The van der Waals surface area contributed by atoms with E-state index in [1.165, 1.54) is 0 Å². The normalized spacial score (nSPS) is 12.0. The lowest BCUT2D eigenvalue weighted by Crippen LogP contribution is -2.35. The van der Waals surface area contributed by atoms with E-state index in [-0.39, 0.29) is 24.8 Å². The number of rotatable bonds is 8. The number of hydrogen-bond donors (Lipinski definition) is 2. The molecule has 1 aromatic rings. The summed E-state index contributed by atoms with van der Waals surface area (Å²) in [5.74, 6) is 0.146. The van der Waals surface area contributed by atoms with Crippen LogP contribution >= 0.6 is 0 Å². The van der Waals surface area contributed by atoms with Gasteiger partial charge in [0.2, 0.25) is 5.91 Å². The molecular formula is C16H23NO4. The molecule has 0 saturated heterocycles. The molecule has 0 spiro atoms. The Hall–Kier alpha value is -2.04. The second kappa shape index (κ2) is 8.29. The summed E-state index contributed by atoms with van der Waals surface area (Å²) >= 11 is 0. The second-order valence-corrected chi connectivity index (χ2v) is 5.59. The number of hydrogen-bond acceptors (Lipinski definition) is 3. The Bertz CT molecular complexity index is 468. The zero-order valence-corrected chi connectivity index (χ0v) is 12.8. The van der Waals surface area contributed by atoms with Gasteiger partial charge >= 0.3 is 5.97 Å². The fraction of sp³-hybridized carbons (Fsp3) is 0.500. The van der Waals surface area contributed by atoms with E-state index >= 15 is 0 Å². The molecule has 0 fully saturated rings.